The van der Waals surface area contributed by atoms with Crippen LogP contribution in [0.2, 0.25) is 0 Å². The van der Waals surface area contributed by atoms with Gasteiger partial charge in [0.05, 0.1) is 26.4 Å². The first-order valence-electron chi connectivity index (χ1n) is 14.7. The Morgan fingerprint density at radius 2 is 0.837 bits per heavy atom. The molecule has 4 saturated heterocycles. The SMILES string of the molecule is O=S(=O)(OC[C@H]1O[C@H](O[C@]2(CO)O[C@H](CO)[C@@H](O)[C@@H]2O)[C@H](O)[C@@H](O)[C@@H]1O)OC[C@H]1O[C@H](O[C@]2(CO)O[C@H](CO)[C@@H](O)[C@@H]2O)[C@H](O)[C@@H](O)[C@@H]1O. The summed E-state index contributed by atoms with van der Waals surface area (Å²) >= 11 is 0. The topological polar surface area (TPSA) is 391 Å². The van der Waals surface area contributed by atoms with Crippen LogP contribution < -0.4 is 0 Å². The molecule has 0 unspecified atom stereocenters. The van der Waals surface area contributed by atoms with Crippen molar-refractivity contribution in [3.8, 4) is 0 Å². The van der Waals surface area contributed by atoms with Gasteiger partial charge in [-0.3, -0.25) is 0 Å². The van der Waals surface area contributed by atoms with Gasteiger partial charge in [0.2, 0.25) is 11.6 Å². The highest BCUT2D eigenvalue weighted by atomic mass is 32.3. The Hall–Kier alpha value is -0.930. The van der Waals surface area contributed by atoms with Crippen LogP contribution in [-0.2, 0) is 47.2 Å². The molecule has 24 nitrogen and oxygen atoms in total. The third-order valence-corrected chi connectivity index (χ3v) is 9.38. The average molecular weight is 747 g/mol. The standard InChI is InChI=1S/C24H42O24S/c25-1-7-13(31)19(37)23(5-27,45-7)47-21-17(35)15(33)11(29)9(43-21)3-41-49(39,40)42-4-10-12(30)16(34)18(36)22(44-10)48-24(6-28)20(38)14(32)8(2-26)46-24/h7-22,25-38H,1-6H2/t7-,8-,9-,10-,11-,12-,13-,14-,15+,16+,17-,18-,19+,20+,21-,22-,23+,24+/m1/s1. The van der Waals surface area contributed by atoms with E-state index in [1.54, 1.807) is 0 Å². The number of hydrogen-bond acceptors (Lipinski definition) is 24. The number of ether oxygens (including phenoxy) is 6. The summed E-state index contributed by atoms with van der Waals surface area (Å²) in [7, 11) is -5.14. The zero-order valence-electron chi connectivity index (χ0n) is 25.2. The molecule has 4 fully saturated rings. The van der Waals surface area contributed by atoms with Gasteiger partial charge in [-0.2, -0.15) is 8.42 Å². The van der Waals surface area contributed by atoms with E-state index >= 15 is 0 Å². The van der Waals surface area contributed by atoms with Crippen molar-refractivity contribution in [1.29, 1.82) is 0 Å². The molecular formula is C24H42O24S. The van der Waals surface area contributed by atoms with E-state index < -0.39 is 160 Å². The molecule has 25 heteroatoms. The van der Waals surface area contributed by atoms with Crippen LogP contribution in [-0.4, -0.2) is 229 Å². The summed E-state index contributed by atoms with van der Waals surface area (Å²) in [6, 6.07) is 0. The van der Waals surface area contributed by atoms with Crippen molar-refractivity contribution >= 4 is 10.4 Å². The van der Waals surface area contributed by atoms with Gasteiger partial charge in [0, 0.05) is 0 Å². The van der Waals surface area contributed by atoms with Crippen molar-refractivity contribution in [2.45, 2.75) is 110 Å². The third-order valence-electron chi connectivity index (χ3n) is 8.53. The summed E-state index contributed by atoms with van der Waals surface area (Å²) in [5, 5.41) is 141. The highest BCUT2D eigenvalue weighted by Crippen LogP contribution is 2.37. The molecule has 0 saturated carbocycles. The lowest BCUT2D eigenvalue weighted by Gasteiger charge is -2.43. The molecule has 4 rings (SSSR count). The van der Waals surface area contributed by atoms with Crippen molar-refractivity contribution in [2.24, 2.45) is 0 Å². The molecule has 0 aliphatic carbocycles. The van der Waals surface area contributed by atoms with Gasteiger partial charge in [-0.15, -0.1) is 0 Å². The summed E-state index contributed by atoms with van der Waals surface area (Å²) in [6.45, 7) is -6.34. The minimum atomic E-state index is -5.14. The number of aliphatic hydroxyl groups excluding tert-OH is 14. The summed E-state index contributed by atoms with van der Waals surface area (Å²) in [4.78, 5) is 0. The summed E-state index contributed by atoms with van der Waals surface area (Å²) in [6.07, 6.45) is -30.9. The summed E-state index contributed by atoms with van der Waals surface area (Å²) in [5.41, 5.74) is 0. The molecule has 0 amide bonds. The highest BCUT2D eigenvalue weighted by molar-refractivity contribution is 7.81. The fourth-order valence-corrected chi connectivity index (χ4v) is 6.24. The van der Waals surface area contributed by atoms with Crippen molar-refractivity contribution in [3.05, 3.63) is 0 Å². The number of hydrogen-bond donors (Lipinski definition) is 14. The molecule has 0 radical (unpaired) electrons. The van der Waals surface area contributed by atoms with Gasteiger partial charge < -0.3 is 99.9 Å². The van der Waals surface area contributed by atoms with Crippen molar-refractivity contribution < 1.29 is 117 Å². The molecule has 4 aliphatic rings. The minimum Gasteiger partial charge on any atom is -0.394 e. The Balaban J connectivity index is 1.38. The van der Waals surface area contributed by atoms with Gasteiger partial charge >= 0.3 is 10.4 Å². The van der Waals surface area contributed by atoms with Gasteiger partial charge in [0.1, 0.15) is 98.7 Å². The van der Waals surface area contributed by atoms with E-state index in [1.165, 1.54) is 0 Å². The maximum atomic E-state index is 12.6. The molecule has 4 heterocycles. The van der Waals surface area contributed by atoms with E-state index in [0.29, 0.717) is 0 Å². The van der Waals surface area contributed by atoms with Gasteiger partial charge in [0.25, 0.3) is 0 Å². The van der Waals surface area contributed by atoms with Gasteiger partial charge in [-0.25, -0.2) is 8.37 Å². The van der Waals surface area contributed by atoms with Crippen LogP contribution in [0, 0.1) is 0 Å². The fraction of sp³-hybridized carbons (Fsp3) is 1.00. The Bertz CT molecular complexity index is 1100. The molecule has 288 valence electrons. The van der Waals surface area contributed by atoms with E-state index in [1.807, 2.05) is 0 Å². The van der Waals surface area contributed by atoms with Crippen molar-refractivity contribution in [3.63, 3.8) is 0 Å². The quantitative estimate of drug-likeness (QED) is 0.0784. The van der Waals surface area contributed by atoms with Crippen LogP contribution in [0.25, 0.3) is 0 Å². The van der Waals surface area contributed by atoms with Gasteiger partial charge in [0.15, 0.2) is 12.6 Å². The monoisotopic (exact) mass is 746 g/mol. The largest absolute Gasteiger partial charge is 0.400 e. The Kier molecular flexibility index (Phi) is 13.3. The second-order valence-corrected chi connectivity index (χ2v) is 13.0. The van der Waals surface area contributed by atoms with E-state index in [2.05, 4.69) is 8.37 Å². The maximum absolute atomic E-state index is 12.6. The zero-order valence-corrected chi connectivity index (χ0v) is 26.0. The predicted octanol–water partition coefficient (Wildman–Crippen LogP) is -10.5. The van der Waals surface area contributed by atoms with Crippen molar-refractivity contribution in [1.82, 2.24) is 0 Å². The van der Waals surface area contributed by atoms with Gasteiger partial charge in [-0.1, -0.05) is 0 Å². The third kappa shape index (κ3) is 8.04. The van der Waals surface area contributed by atoms with Gasteiger partial charge in [-0.05, 0) is 0 Å². The normalized spacial score (nSPS) is 49.4. The molecular weight excluding hydrogens is 704 g/mol. The summed E-state index contributed by atoms with van der Waals surface area (Å²) in [5.74, 6) is -5.03. The lowest BCUT2D eigenvalue weighted by Crippen LogP contribution is -2.63. The Morgan fingerprint density at radius 3 is 1.12 bits per heavy atom. The molecule has 4 aliphatic heterocycles. The minimum absolute atomic E-state index is 0.834. The lowest BCUT2D eigenvalue weighted by atomic mass is 9.99. The molecule has 0 aromatic carbocycles. The first-order valence-corrected chi connectivity index (χ1v) is 16.0. The zero-order chi connectivity index (χ0) is 36.6. The molecule has 0 spiro atoms. The fourth-order valence-electron chi connectivity index (χ4n) is 5.57. The number of rotatable bonds is 14. The van der Waals surface area contributed by atoms with Crippen LogP contribution in [0.1, 0.15) is 0 Å². The first kappa shape index (κ1) is 40.8. The molecule has 0 aromatic heterocycles. The second-order valence-electron chi connectivity index (χ2n) is 11.7. The van der Waals surface area contributed by atoms with Crippen LogP contribution in [0.5, 0.6) is 0 Å². The Morgan fingerprint density at radius 1 is 0.490 bits per heavy atom. The van der Waals surface area contributed by atoms with Crippen molar-refractivity contribution in [2.75, 3.05) is 39.6 Å². The number of aliphatic hydroxyl groups is 14. The smallest absolute Gasteiger partial charge is 0.394 e. The van der Waals surface area contributed by atoms with Crippen LogP contribution in [0.3, 0.4) is 0 Å². The molecule has 18 atom stereocenters. The molecule has 0 aromatic rings. The Labute approximate surface area is 276 Å². The van der Waals surface area contributed by atoms with Crippen LogP contribution in [0.4, 0.5) is 0 Å². The predicted molar refractivity (Wildman–Crippen MR) is 144 cm³/mol. The maximum Gasteiger partial charge on any atom is 0.400 e. The average Bonchev–Trinajstić information content (AvgIpc) is 3.47. The molecule has 14 N–H and O–H groups in total. The van der Waals surface area contributed by atoms with E-state index in [-0.39, 0.29) is 0 Å². The van der Waals surface area contributed by atoms with Crippen LogP contribution in [0.15, 0.2) is 0 Å². The van der Waals surface area contributed by atoms with E-state index in [9.17, 15) is 79.9 Å². The summed E-state index contributed by atoms with van der Waals surface area (Å²) < 4.78 is 66.0. The van der Waals surface area contributed by atoms with E-state index in [4.69, 9.17) is 28.4 Å². The van der Waals surface area contributed by atoms with E-state index in [0.717, 1.165) is 0 Å². The van der Waals surface area contributed by atoms with Crippen LogP contribution >= 0.6 is 0 Å². The molecule has 0 bridgehead atoms. The lowest BCUT2D eigenvalue weighted by molar-refractivity contribution is -0.383. The highest BCUT2D eigenvalue weighted by Gasteiger charge is 2.60. The molecule has 49 heavy (non-hydrogen) atoms. The first-order chi connectivity index (χ1) is 22.9. The second kappa shape index (κ2) is 16.0.